The lowest BCUT2D eigenvalue weighted by atomic mass is 10.2. The summed E-state index contributed by atoms with van der Waals surface area (Å²) in [5.74, 6) is -0.970. The fraction of sp³-hybridized carbons (Fsp3) is 0.294. The molecular formula is C17H19F2NO3. The highest BCUT2D eigenvalue weighted by Crippen LogP contribution is 2.17. The Morgan fingerprint density at radius 2 is 1.91 bits per heavy atom. The molecule has 0 aliphatic heterocycles. The first-order chi connectivity index (χ1) is 11.1. The SMILES string of the molecule is COc1ccccc1CNCC(O)COc1ccc(F)c(F)c1. The van der Waals surface area contributed by atoms with Crippen molar-refractivity contribution in [3.05, 3.63) is 59.7 Å². The highest BCUT2D eigenvalue weighted by atomic mass is 19.2. The number of hydrogen-bond acceptors (Lipinski definition) is 4. The summed E-state index contributed by atoms with van der Waals surface area (Å²) >= 11 is 0. The van der Waals surface area contributed by atoms with Crippen LogP contribution in [0.25, 0.3) is 0 Å². The highest BCUT2D eigenvalue weighted by Gasteiger charge is 2.08. The Labute approximate surface area is 133 Å². The second-order valence-electron chi connectivity index (χ2n) is 4.98. The average molecular weight is 323 g/mol. The van der Waals surface area contributed by atoms with Gasteiger partial charge in [0.2, 0.25) is 0 Å². The number of benzene rings is 2. The predicted molar refractivity (Wildman–Crippen MR) is 82.6 cm³/mol. The van der Waals surface area contributed by atoms with Crippen LogP contribution in [-0.4, -0.2) is 31.5 Å². The average Bonchev–Trinajstić information content (AvgIpc) is 2.56. The lowest BCUT2D eigenvalue weighted by Crippen LogP contribution is -2.31. The molecule has 124 valence electrons. The van der Waals surface area contributed by atoms with Crippen LogP contribution in [-0.2, 0) is 6.54 Å². The molecule has 1 atom stereocenters. The van der Waals surface area contributed by atoms with Crippen LogP contribution in [0.1, 0.15) is 5.56 Å². The van der Waals surface area contributed by atoms with Crippen LogP contribution in [0.5, 0.6) is 11.5 Å². The molecule has 2 rings (SSSR count). The van der Waals surface area contributed by atoms with E-state index in [1.807, 2.05) is 24.3 Å². The molecule has 0 bridgehead atoms. The Morgan fingerprint density at radius 3 is 2.65 bits per heavy atom. The molecule has 0 heterocycles. The molecular weight excluding hydrogens is 304 g/mol. The van der Waals surface area contributed by atoms with Crippen molar-refractivity contribution in [1.82, 2.24) is 5.32 Å². The van der Waals surface area contributed by atoms with E-state index in [0.717, 1.165) is 23.4 Å². The minimum atomic E-state index is -0.980. The van der Waals surface area contributed by atoms with E-state index >= 15 is 0 Å². The fourth-order valence-corrected chi connectivity index (χ4v) is 2.04. The van der Waals surface area contributed by atoms with Gasteiger partial charge in [0.05, 0.1) is 7.11 Å². The normalized spacial score (nSPS) is 12.0. The molecule has 2 N–H and O–H groups in total. The van der Waals surface area contributed by atoms with Crippen molar-refractivity contribution in [2.24, 2.45) is 0 Å². The third-order valence-electron chi connectivity index (χ3n) is 3.22. The van der Waals surface area contributed by atoms with Crippen LogP contribution >= 0.6 is 0 Å². The number of hydrogen-bond donors (Lipinski definition) is 2. The van der Waals surface area contributed by atoms with Gasteiger partial charge in [0.25, 0.3) is 0 Å². The molecule has 0 amide bonds. The van der Waals surface area contributed by atoms with Crippen LogP contribution < -0.4 is 14.8 Å². The Balaban J connectivity index is 1.74. The van der Waals surface area contributed by atoms with E-state index in [9.17, 15) is 13.9 Å². The van der Waals surface area contributed by atoms with Crippen molar-refractivity contribution in [3.8, 4) is 11.5 Å². The van der Waals surface area contributed by atoms with Gasteiger partial charge in [-0.3, -0.25) is 0 Å². The maximum absolute atomic E-state index is 13.0. The number of halogens is 2. The molecule has 0 saturated heterocycles. The van der Waals surface area contributed by atoms with Gasteiger partial charge >= 0.3 is 0 Å². The first-order valence-corrected chi connectivity index (χ1v) is 7.18. The van der Waals surface area contributed by atoms with Gasteiger partial charge < -0.3 is 19.9 Å². The minimum absolute atomic E-state index is 0.0238. The molecule has 6 heteroatoms. The molecule has 0 radical (unpaired) electrons. The van der Waals surface area contributed by atoms with Gasteiger partial charge in [-0.1, -0.05) is 18.2 Å². The molecule has 1 unspecified atom stereocenters. The van der Waals surface area contributed by atoms with Crippen LogP contribution in [0.4, 0.5) is 8.78 Å². The lowest BCUT2D eigenvalue weighted by Gasteiger charge is -2.14. The zero-order chi connectivity index (χ0) is 16.7. The molecule has 4 nitrogen and oxygen atoms in total. The maximum atomic E-state index is 13.0. The smallest absolute Gasteiger partial charge is 0.162 e. The van der Waals surface area contributed by atoms with Gasteiger partial charge in [0.15, 0.2) is 11.6 Å². The molecule has 0 aliphatic carbocycles. The van der Waals surface area contributed by atoms with Crippen LogP contribution in [0.3, 0.4) is 0 Å². The summed E-state index contributed by atoms with van der Waals surface area (Å²) < 4.78 is 36.3. The Kier molecular flexibility index (Phi) is 6.31. The molecule has 2 aromatic rings. The number of ether oxygens (including phenoxy) is 2. The van der Waals surface area contributed by atoms with E-state index < -0.39 is 17.7 Å². The van der Waals surface area contributed by atoms with Gasteiger partial charge in [-0.2, -0.15) is 0 Å². The van der Waals surface area contributed by atoms with E-state index in [1.54, 1.807) is 7.11 Å². The fourth-order valence-electron chi connectivity index (χ4n) is 2.04. The molecule has 0 aromatic heterocycles. The predicted octanol–water partition coefficient (Wildman–Crippen LogP) is 2.50. The van der Waals surface area contributed by atoms with Crippen molar-refractivity contribution >= 4 is 0 Å². The van der Waals surface area contributed by atoms with Gasteiger partial charge in [-0.05, 0) is 18.2 Å². The van der Waals surface area contributed by atoms with E-state index in [2.05, 4.69) is 5.32 Å². The standard InChI is InChI=1S/C17H19F2NO3/c1-22-17-5-3-2-4-12(17)9-20-10-13(21)11-23-14-6-7-15(18)16(19)8-14/h2-8,13,20-21H,9-11H2,1H3. The van der Waals surface area contributed by atoms with Crippen molar-refractivity contribution in [1.29, 1.82) is 0 Å². The third-order valence-corrected chi connectivity index (χ3v) is 3.22. The Bertz CT molecular complexity index is 637. The number of para-hydroxylation sites is 1. The lowest BCUT2D eigenvalue weighted by molar-refractivity contribution is 0.106. The van der Waals surface area contributed by atoms with E-state index in [-0.39, 0.29) is 12.4 Å². The first-order valence-electron chi connectivity index (χ1n) is 7.18. The van der Waals surface area contributed by atoms with Crippen LogP contribution in [0, 0.1) is 11.6 Å². The van der Waals surface area contributed by atoms with Crippen molar-refractivity contribution in [3.63, 3.8) is 0 Å². The van der Waals surface area contributed by atoms with Crippen molar-refractivity contribution in [2.45, 2.75) is 12.6 Å². The molecule has 0 fully saturated rings. The summed E-state index contributed by atoms with van der Waals surface area (Å²) in [6.45, 7) is 0.804. The number of aliphatic hydroxyl groups is 1. The van der Waals surface area contributed by atoms with Crippen LogP contribution in [0.15, 0.2) is 42.5 Å². The van der Waals surface area contributed by atoms with Crippen LogP contribution in [0.2, 0.25) is 0 Å². The maximum Gasteiger partial charge on any atom is 0.162 e. The zero-order valence-corrected chi connectivity index (χ0v) is 12.8. The van der Waals surface area contributed by atoms with Gasteiger partial charge in [0.1, 0.15) is 24.2 Å². The number of rotatable bonds is 8. The van der Waals surface area contributed by atoms with E-state index in [4.69, 9.17) is 9.47 Å². The first kappa shape index (κ1) is 17.2. The minimum Gasteiger partial charge on any atom is -0.496 e. The van der Waals surface area contributed by atoms with Gasteiger partial charge in [0, 0.05) is 24.7 Å². The summed E-state index contributed by atoms with van der Waals surface area (Å²) in [5, 5.41) is 12.9. The highest BCUT2D eigenvalue weighted by molar-refractivity contribution is 5.33. The molecule has 2 aromatic carbocycles. The quantitative estimate of drug-likeness (QED) is 0.784. The number of aliphatic hydroxyl groups excluding tert-OH is 1. The summed E-state index contributed by atoms with van der Waals surface area (Å²) in [5.41, 5.74) is 0.976. The van der Waals surface area contributed by atoms with Crippen molar-refractivity contribution in [2.75, 3.05) is 20.3 Å². The molecule has 0 saturated carbocycles. The summed E-state index contributed by atoms with van der Waals surface area (Å²) in [7, 11) is 1.60. The molecule has 0 aliphatic rings. The molecule has 23 heavy (non-hydrogen) atoms. The van der Waals surface area contributed by atoms with E-state index in [0.29, 0.717) is 13.1 Å². The van der Waals surface area contributed by atoms with E-state index in [1.165, 1.54) is 6.07 Å². The number of methoxy groups -OCH3 is 1. The Morgan fingerprint density at radius 1 is 1.13 bits per heavy atom. The number of nitrogens with one attached hydrogen (secondary N) is 1. The summed E-state index contributed by atoms with van der Waals surface area (Å²) in [6, 6.07) is 10.8. The monoisotopic (exact) mass is 323 g/mol. The summed E-state index contributed by atoms with van der Waals surface area (Å²) in [6.07, 6.45) is -0.780. The topological polar surface area (TPSA) is 50.7 Å². The molecule has 0 spiro atoms. The second-order valence-corrected chi connectivity index (χ2v) is 4.98. The van der Waals surface area contributed by atoms with Gasteiger partial charge in [-0.15, -0.1) is 0 Å². The van der Waals surface area contributed by atoms with Gasteiger partial charge in [-0.25, -0.2) is 8.78 Å². The largest absolute Gasteiger partial charge is 0.496 e. The summed E-state index contributed by atoms with van der Waals surface area (Å²) in [4.78, 5) is 0. The third kappa shape index (κ3) is 5.19. The van der Waals surface area contributed by atoms with Crippen molar-refractivity contribution < 1.29 is 23.4 Å². The Hall–Kier alpha value is -2.18. The zero-order valence-electron chi connectivity index (χ0n) is 12.8. The second kappa shape index (κ2) is 8.45.